The zero-order valence-electron chi connectivity index (χ0n) is 16.0. The van der Waals surface area contributed by atoms with Gasteiger partial charge in [0.25, 0.3) is 5.91 Å². The lowest BCUT2D eigenvalue weighted by atomic mass is 10.1. The molecule has 2 unspecified atom stereocenters. The Balaban J connectivity index is 1.59. The van der Waals surface area contributed by atoms with E-state index in [1.807, 2.05) is 48.5 Å². The number of amides is 2. The topological polar surface area (TPSA) is 95.9 Å². The van der Waals surface area contributed by atoms with Crippen molar-refractivity contribution < 1.29 is 24.2 Å². The summed E-state index contributed by atoms with van der Waals surface area (Å²) in [6.45, 7) is 0.283. The highest BCUT2D eigenvalue weighted by Crippen LogP contribution is 2.19. The lowest BCUT2D eigenvalue weighted by molar-refractivity contribution is -0.144. The Bertz CT molecular complexity index is 841. The molecule has 0 spiro atoms. The minimum Gasteiger partial charge on any atom is -0.484 e. The molecule has 2 amide bonds. The van der Waals surface area contributed by atoms with E-state index in [0.29, 0.717) is 25.1 Å². The molecule has 2 N–H and O–H groups in total. The maximum absolute atomic E-state index is 12.7. The zero-order chi connectivity index (χ0) is 20.6. The van der Waals surface area contributed by atoms with Crippen molar-refractivity contribution in [2.75, 3.05) is 13.2 Å². The first-order valence-corrected chi connectivity index (χ1v) is 9.59. The van der Waals surface area contributed by atoms with E-state index in [9.17, 15) is 19.5 Å². The summed E-state index contributed by atoms with van der Waals surface area (Å²) in [7, 11) is 0. The van der Waals surface area contributed by atoms with Gasteiger partial charge in [-0.1, -0.05) is 48.5 Å². The molecule has 1 aliphatic rings. The van der Waals surface area contributed by atoms with Crippen molar-refractivity contribution in [2.45, 2.75) is 31.3 Å². The number of rotatable bonds is 8. The van der Waals surface area contributed by atoms with Gasteiger partial charge >= 0.3 is 5.97 Å². The maximum Gasteiger partial charge on any atom is 0.326 e. The van der Waals surface area contributed by atoms with Gasteiger partial charge in [0.2, 0.25) is 5.91 Å². The highest BCUT2D eigenvalue weighted by molar-refractivity contribution is 5.91. The summed E-state index contributed by atoms with van der Waals surface area (Å²) in [6.07, 6.45) is 1.37. The lowest BCUT2D eigenvalue weighted by Crippen LogP contribution is -2.52. The van der Waals surface area contributed by atoms with Gasteiger partial charge in [-0.3, -0.25) is 9.59 Å². The molecule has 1 aliphatic heterocycles. The van der Waals surface area contributed by atoms with Crippen LogP contribution in [0.4, 0.5) is 0 Å². The van der Waals surface area contributed by atoms with Gasteiger partial charge in [0, 0.05) is 13.0 Å². The second-order valence-corrected chi connectivity index (χ2v) is 6.94. The molecule has 7 nitrogen and oxygen atoms in total. The molecule has 0 aliphatic carbocycles. The molecule has 1 heterocycles. The number of ether oxygens (including phenoxy) is 1. The van der Waals surface area contributed by atoms with Crippen molar-refractivity contribution in [3.8, 4) is 5.75 Å². The molecule has 0 aromatic heterocycles. The van der Waals surface area contributed by atoms with E-state index in [4.69, 9.17) is 4.74 Å². The number of carbonyl (C=O) groups is 3. The van der Waals surface area contributed by atoms with Crippen molar-refractivity contribution in [1.82, 2.24) is 10.2 Å². The molecule has 1 fully saturated rings. The SMILES string of the molecule is O=C(O)C(Cc1ccccc1)NC(=O)C1CCCN1C(=O)COc1ccccc1. The number of aliphatic carboxylic acids is 1. The molecule has 2 atom stereocenters. The van der Waals surface area contributed by atoms with Crippen LogP contribution in [0.1, 0.15) is 18.4 Å². The summed E-state index contributed by atoms with van der Waals surface area (Å²) in [4.78, 5) is 38.4. The molecular formula is C22H24N2O5. The van der Waals surface area contributed by atoms with Crippen LogP contribution in [0.25, 0.3) is 0 Å². The smallest absolute Gasteiger partial charge is 0.326 e. The Hall–Kier alpha value is -3.35. The van der Waals surface area contributed by atoms with E-state index in [1.54, 1.807) is 12.1 Å². The number of carboxylic acids is 1. The van der Waals surface area contributed by atoms with Gasteiger partial charge in [-0.25, -0.2) is 4.79 Å². The van der Waals surface area contributed by atoms with E-state index in [2.05, 4.69) is 5.32 Å². The Labute approximate surface area is 169 Å². The van der Waals surface area contributed by atoms with Crippen molar-refractivity contribution in [3.63, 3.8) is 0 Å². The average Bonchev–Trinajstić information content (AvgIpc) is 3.23. The summed E-state index contributed by atoms with van der Waals surface area (Å²) in [5.41, 5.74) is 0.816. The molecule has 2 aromatic carbocycles. The molecule has 1 saturated heterocycles. The monoisotopic (exact) mass is 396 g/mol. The van der Waals surface area contributed by atoms with Gasteiger partial charge in [-0.2, -0.15) is 0 Å². The Kier molecular flexibility index (Phi) is 6.84. The van der Waals surface area contributed by atoms with E-state index in [-0.39, 0.29) is 18.9 Å². The third-order valence-electron chi connectivity index (χ3n) is 4.88. The van der Waals surface area contributed by atoms with Crippen LogP contribution in [0.3, 0.4) is 0 Å². The maximum atomic E-state index is 12.7. The summed E-state index contributed by atoms with van der Waals surface area (Å²) in [6, 6.07) is 16.4. The Morgan fingerprint density at radius 1 is 1.07 bits per heavy atom. The van der Waals surface area contributed by atoms with Crippen LogP contribution < -0.4 is 10.1 Å². The lowest BCUT2D eigenvalue weighted by Gasteiger charge is -2.25. The van der Waals surface area contributed by atoms with Crippen LogP contribution >= 0.6 is 0 Å². The molecule has 0 saturated carbocycles. The number of nitrogens with zero attached hydrogens (tertiary/aromatic N) is 1. The Morgan fingerprint density at radius 2 is 1.72 bits per heavy atom. The van der Waals surface area contributed by atoms with Gasteiger partial charge in [-0.05, 0) is 30.5 Å². The molecule has 29 heavy (non-hydrogen) atoms. The number of benzene rings is 2. The largest absolute Gasteiger partial charge is 0.484 e. The van der Waals surface area contributed by atoms with E-state index >= 15 is 0 Å². The summed E-state index contributed by atoms with van der Waals surface area (Å²) in [5, 5.41) is 12.1. The Morgan fingerprint density at radius 3 is 2.38 bits per heavy atom. The molecule has 2 aromatic rings. The molecule has 0 bridgehead atoms. The highest BCUT2D eigenvalue weighted by atomic mass is 16.5. The zero-order valence-corrected chi connectivity index (χ0v) is 16.0. The van der Waals surface area contributed by atoms with Crippen LogP contribution in [0.5, 0.6) is 5.75 Å². The molecule has 152 valence electrons. The van der Waals surface area contributed by atoms with Crippen LogP contribution in [-0.4, -0.2) is 53.0 Å². The highest BCUT2D eigenvalue weighted by Gasteiger charge is 2.36. The first-order chi connectivity index (χ1) is 14.0. The predicted octanol–water partition coefficient (Wildman–Crippen LogP) is 1.87. The minimum atomic E-state index is -1.11. The summed E-state index contributed by atoms with van der Waals surface area (Å²) >= 11 is 0. The van der Waals surface area contributed by atoms with Gasteiger partial charge in [0.15, 0.2) is 6.61 Å². The van der Waals surface area contributed by atoms with Gasteiger partial charge in [-0.15, -0.1) is 0 Å². The fraction of sp³-hybridized carbons (Fsp3) is 0.318. The number of para-hydroxylation sites is 1. The second-order valence-electron chi connectivity index (χ2n) is 6.94. The number of likely N-dealkylation sites (tertiary alicyclic amines) is 1. The van der Waals surface area contributed by atoms with Crippen molar-refractivity contribution >= 4 is 17.8 Å². The molecule has 7 heteroatoms. The standard InChI is InChI=1S/C22H24N2O5/c25-20(15-29-17-10-5-2-6-11-17)24-13-7-12-19(24)21(26)23-18(22(27)28)14-16-8-3-1-4-9-16/h1-6,8-11,18-19H,7,12-15H2,(H,23,26)(H,27,28). The second kappa shape index (κ2) is 9.73. The summed E-state index contributed by atoms with van der Waals surface area (Å²) in [5.74, 6) is -1.26. The summed E-state index contributed by atoms with van der Waals surface area (Å²) < 4.78 is 5.49. The van der Waals surface area contributed by atoms with E-state index in [0.717, 1.165) is 5.56 Å². The normalized spacial score (nSPS) is 16.8. The van der Waals surface area contributed by atoms with Crippen molar-refractivity contribution in [1.29, 1.82) is 0 Å². The molecular weight excluding hydrogens is 372 g/mol. The van der Waals surface area contributed by atoms with Gasteiger partial charge < -0.3 is 20.1 Å². The van der Waals surface area contributed by atoms with Crippen molar-refractivity contribution in [3.05, 3.63) is 66.2 Å². The number of hydrogen-bond acceptors (Lipinski definition) is 4. The average molecular weight is 396 g/mol. The predicted molar refractivity (Wildman–Crippen MR) is 106 cm³/mol. The first kappa shape index (κ1) is 20.4. The van der Waals surface area contributed by atoms with Crippen LogP contribution in [0.15, 0.2) is 60.7 Å². The molecule has 0 radical (unpaired) electrons. The third-order valence-corrected chi connectivity index (χ3v) is 4.88. The van der Waals surface area contributed by atoms with E-state index in [1.165, 1.54) is 4.90 Å². The number of nitrogens with one attached hydrogen (secondary N) is 1. The fourth-order valence-electron chi connectivity index (χ4n) is 3.40. The third kappa shape index (κ3) is 5.57. The van der Waals surface area contributed by atoms with Crippen LogP contribution in [-0.2, 0) is 20.8 Å². The van der Waals surface area contributed by atoms with E-state index < -0.39 is 24.0 Å². The minimum absolute atomic E-state index is 0.167. The molecule has 3 rings (SSSR count). The van der Waals surface area contributed by atoms with Gasteiger partial charge in [0.05, 0.1) is 0 Å². The van der Waals surface area contributed by atoms with Gasteiger partial charge in [0.1, 0.15) is 17.8 Å². The first-order valence-electron chi connectivity index (χ1n) is 9.59. The van der Waals surface area contributed by atoms with Crippen LogP contribution in [0, 0.1) is 0 Å². The number of hydrogen-bond donors (Lipinski definition) is 2. The fourth-order valence-corrected chi connectivity index (χ4v) is 3.40. The quantitative estimate of drug-likeness (QED) is 0.710. The van der Waals surface area contributed by atoms with Crippen molar-refractivity contribution in [2.24, 2.45) is 0 Å². The number of carbonyl (C=O) groups excluding carboxylic acids is 2. The number of carboxylic acid groups (broad SMARTS) is 1. The van der Waals surface area contributed by atoms with Crippen LogP contribution in [0.2, 0.25) is 0 Å².